The number of rotatable bonds is 5. The lowest BCUT2D eigenvalue weighted by Gasteiger charge is -2.24. The molecule has 110 valence electrons. The fourth-order valence-corrected chi connectivity index (χ4v) is 1.74. The lowest BCUT2D eigenvalue weighted by molar-refractivity contribution is -0.127. The molecule has 1 aromatic carbocycles. The highest BCUT2D eigenvalue weighted by atomic mass is 19.1. The average molecular weight is 281 g/mol. The van der Waals surface area contributed by atoms with E-state index >= 15 is 0 Å². The summed E-state index contributed by atoms with van der Waals surface area (Å²) in [7, 11) is 2.99. The maximum Gasteiger partial charge on any atom is 0.246 e. The molecule has 0 saturated heterocycles. The molecule has 0 fully saturated rings. The van der Waals surface area contributed by atoms with Crippen molar-refractivity contribution in [2.45, 2.75) is 19.4 Å². The van der Waals surface area contributed by atoms with Gasteiger partial charge in [0.1, 0.15) is 0 Å². The number of amides is 1. The lowest BCUT2D eigenvalue weighted by atomic mass is 10.1. The van der Waals surface area contributed by atoms with Gasteiger partial charge in [-0.3, -0.25) is 4.79 Å². The molecule has 0 unspecified atom stereocenters. The van der Waals surface area contributed by atoms with Crippen LogP contribution in [0.25, 0.3) is 6.08 Å². The molecule has 20 heavy (non-hydrogen) atoms. The predicted molar refractivity (Wildman–Crippen MR) is 75.9 cm³/mol. The summed E-state index contributed by atoms with van der Waals surface area (Å²) in [6.45, 7) is 3.46. The molecule has 0 aromatic heterocycles. The minimum atomic E-state index is -0.954. The molecule has 0 aliphatic rings. The molecule has 0 bridgehead atoms. The Morgan fingerprint density at radius 1 is 1.50 bits per heavy atom. The van der Waals surface area contributed by atoms with Crippen LogP contribution in [0, 0.1) is 5.82 Å². The van der Waals surface area contributed by atoms with E-state index in [1.807, 2.05) is 0 Å². The minimum Gasteiger partial charge on any atom is -0.494 e. The highest BCUT2D eigenvalue weighted by Gasteiger charge is 2.17. The van der Waals surface area contributed by atoms with Gasteiger partial charge in [0.15, 0.2) is 11.6 Å². The van der Waals surface area contributed by atoms with Gasteiger partial charge >= 0.3 is 0 Å². The fourth-order valence-electron chi connectivity index (χ4n) is 1.74. The number of halogens is 1. The SMILES string of the molecule is COc1ccc(C=CC(=O)N(C)CC(C)(C)O)cc1F. The zero-order valence-electron chi connectivity index (χ0n) is 12.2. The Kier molecular flexibility index (Phi) is 5.27. The van der Waals surface area contributed by atoms with Gasteiger partial charge in [-0.25, -0.2) is 4.39 Å². The maximum atomic E-state index is 13.5. The summed E-state index contributed by atoms with van der Waals surface area (Å²) in [5.41, 5.74) is -0.391. The van der Waals surface area contributed by atoms with Gasteiger partial charge in [0.2, 0.25) is 5.91 Å². The zero-order valence-corrected chi connectivity index (χ0v) is 12.2. The summed E-state index contributed by atoms with van der Waals surface area (Å²) in [6, 6.07) is 4.44. The summed E-state index contributed by atoms with van der Waals surface area (Å²) >= 11 is 0. The van der Waals surface area contributed by atoms with Crippen LogP contribution in [0.2, 0.25) is 0 Å². The Morgan fingerprint density at radius 2 is 2.15 bits per heavy atom. The first kappa shape index (κ1) is 16.2. The van der Waals surface area contributed by atoms with E-state index in [1.54, 1.807) is 27.0 Å². The van der Waals surface area contributed by atoms with E-state index in [4.69, 9.17) is 4.74 Å². The summed E-state index contributed by atoms with van der Waals surface area (Å²) in [5.74, 6) is -0.581. The Morgan fingerprint density at radius 3 is 2.65 bits per heavy atom. The second-order valence-electron chi connectivity index (χ2n) is 5.23. The Hall–Kier alpha value is -1.88. The molecule has 0 saturated carbocycles. The van der Waals surface area contributed by atoms with Gasteiger partial charge in [0.05, 0.1) is 12.7 Å². The van der Waals surface area contributed by atoms with Crippen molar-refractivity contribution >= 4 is 12.0 Å². The number of methoxy groups -OCH3 is 1. The van der Waals surface area contributed by atoms with Crippen LogP contribution in [0.15, 0.2) is 24.3 Å². The average Bonchev–Trinajstić information content (AvgIpc) is 2.34. The third-order valence-corrected chi connectivity index (χ3v) is 2.59. The van der Waals surface area contributed by atoms with E-state index in [2.05, 4.69) is 0 Å². The van der Waals surface area contributed by atoms with Crippen molar-refractivity contribution < 1.29 is 19.0 Å². The van der Waals surface area contributed by atoms with Crippen LogP contribution >= 0.6 is 0 Å². The molecule has 0 atom stereocenters. The third kappa shape index (κ3) is 5.01. The molecular weight excluding hydrogens is 261 g/mol. The highest BCUT2D eigenvalue weighted by Crippen LogP contribution is 2.18. The molecule has 0 heterocycles. The number of hydrogen-bond donors (Lipinski definition) is 1. The van der Waals surface area contributed by atoms with Crippen LogP contribution in [0.5, 0.6) is 5.75 Å². The highest BCUT2D eigenvalue weighted by molar-refractivity contribution is 5.91. The van der Waals surface area contributed by atoms with E-state index in [0.717, 1.165) is 0 Å². The monoisotopic (exact) mass is 281 g/mol. The van der Waals surface area contributed by atoms with E-state index < -0.39 is 11.4 Å². The van der Waals surface area contributed by atoms with Crippen LogP contribution in [0.3, 0.4) is 0 Å². The van der Waals surface area contributed by atoms with Crippen molar-refractivity contribution in [3.05, 3.63) is 35.7 Å². The second kappa shape index (κ2) is 6.52. The largest absolute Gasteiger partial charge is 0.494 e. The van der Waals surface area contributed by atoms with Crippen LogP contribution < -0.4 is 4.74 Å². The topological polar surface area (TPSA) is 49.8 Å². The normalized spacial score (nSPS) is 11.7. The molecule has 0 spiro atoms. The molecule has 0 radical (unpaired) electrons. The van der Waals surface area contributed by atoms with Crippen LogP contribution in [-0.2, 0) is 4.79 Å². The van der Waals surface area contributed by atoms with E-state index in [9.17, 15) is 14.3 Å². The standard InChI is InChI=1S/C15H20FNO3/c1-15(2,19)10-17(3)14(18)8-6-11-5-7-13(20-4)12(16)9-11/h5-9,19H,10H2,1-4H3. The van der Waals surface area contributed by atoms with E-state index in [0.29, 0.717) is 5.56 Å². The quantitative estimate of drug-likeness (QED) is 0.841. The molecule has 0 aliphatic heterocycles. The smallest absolute Gasteiger partial charge is 0.246 e. The third-order valence-electron chi connectivity index (χ3n) is 2.59. The Balaban J connectivity index is 2.72. The summed E-state index contributed by atoms with van der Waals surface area (Å²) in [6.07, 6.45) is 2.86. The van der Waals surface area contributed by atoms with Crippen molar-refractivity contribution in [1.82, 2.24) is 4.90 Å². The number of carbonyl (C=O) groups excluding carboxylic acids is 1. The van der Waals surface area contributed by atoms with Gasteiger partial charge in [-0.2, -0.15) is 0 Å². The van der Waals surface area contributed by atoms with Gasteiger partial charge < -0.3 is 14.7 Å². The van der Waals surface area contributed by atoms with Gasteiger partial charge in [-0.1, -0.05) is 6.07 Å². The number of aliphatic hydroxyl groups is 1. The maximum absolute atomic E-state index is 13.5. The first-order chi connectivity index (χ1) is 9.23. The van der Waals surface area contributed by atoms with Gasteiger partial charge in [0, 0.05) is 19.7 Å². The predicted octanol–water partition coefficient (Wildman–Crippen LogP) is 2.08. The van der Waals surface area contributed by atoms with Crippen molar-refractivity contribution in [1.29, 1.82) is 0 Å². The second-order valence-corrected chi connectivity index (χ2v) is 5.23. The number of carbonyl (C=O) groups is 1. The van der Waals surface area contributed by atoms with Crippen LogP contribution in [-0.4, -0.2) is 42.2 Å². The molecule has 1 aromatic rings. The zero-order chi connectivity index (χ0) is 15.3. The minimum absolute atomic E-state index is 0.160. The number of ether oxygens (including phenoxy) is 1. The fraction of sp³-hybridized carbons (Fsp3) is 0.400. The van der Waals surface area contributed by atoms with Gasteiger partial charge in [-0.05, 0) is 37.6 Å². The number of likely N-dealkylation sites (N-methyl/N-ethyl adjacent to an activating group) is 1. The number of nitrogens with zero attached hydrogens (tertiary/aromatic N) is 1. The van der Waals surface area contributed by atoms with Crippen molar-refractivity contribution in [2.75, 3.05) is 20.7 Å². The number of benzene rings is 1. The van der Waals surface area contributed by atoms with E-state index in [1.165, 1.54) is 36.3 Å². The number of hydrogen-bond acceptors (Lipinski definition) is 3. The molecule has 0 aliphatic carbocycles. The van der Waals surface area contributed by atoms with Crippen LogP contribution in [0.1, 0.15) is 19.4 Å². The van der Waals surface area contributed by atoms with Crippen molar-refractivity contribution in [2.24, 2.45) is 0 Å². The van der Waals surface area contributed by atoms with Gasteiger partial charge in [0.25, 0.3) is 0 Å². The lowest BCUT2D eigenvalue weighted by Crippen LogP contribution is -2.38. The van der Waals surface area contributed by atoms with Crippen LogP contribution in [0.4, 0.5) is 4.39 Å². The molecule has 5 heteroatoms. The first-order valence-electron chi connectivity index (χ1n) is 6.22. The molecule has 1 amide bonds. The van der Waals surface area contributed by atoms with Gasteiger partial charge in [-0.15, -0.1) is 0 Å². The van der Waals surface area contributed by atoms with Crippen molar-refractivity contribution in [3.63, 3.8) is 0 Å². The summed E-state index contributed by atoms with van der Waals surface area (Å²) < 4.78 is 18.3. The molecule has 1 N–H and O–H groups in total. The Labute approximate surface area is 118 Å². The van der Waals surface area contributed by atoms with E-state index in [-0.39, 0.29) is 18.2 Å². The Bertz CT molecular complexity index is 506. The first-order valence-corrected chi connectivity index (χ1v) is 6.22. The molecule has 4 nitrogen and oxygen atoms in total. The molecular formula is C15H20FNO3. The summed E-state index contributed by atoms with van der Waals surface area (Å²) in [5, 5.41) is 9.63. The summed E-state index contributed by atoms with van der Waals surface area (Å²) in [4.78, 5) is 13.2. The van der Waals surface area contributed by atoms with Crippen molar-refractivity contribution in [3.8, 4) is 5.75 Å². The molecule has 1 rings (SSSR count).